The first-order valence-electron chi connectivity index (χ1n) is 6.32. The molecule has 1 aromatic carbocycles. The predicted molar refractivity (Wildman–Crippen MR) is 77.4 cm³/mol. The van der Waals surface area contributed by atoms with Crippen LogP contribution in [0.5, 0.6) is 0 Å². The molecule has 19 heavy (non-hydrogen) atoms. The zero-order chi connectivity index (χ0) is 13.7. The number of allylic oxidation sites excluding steroid dienone is 1. The number of fused-ring (bicyclic) bond motifs is 3. The van der Waals surface area contributed by atoms with Gasteiger partial charge in [0.2, 0.25) is 0 Å². The number of ketones is 1. The molecule has 98 valence electrons. The highest BCUT2D eigenvalue weighted by atomic mass is 79.9. The fourth-order valence-electron chi connectivity index (χ4n) is 2.94. The van der Waals surface area contributed by atoms with E-state index >= 15 is 0 Å². The summed E-state index contributed by atoms with van der Waals surface area (Å²) < 4.78 is 0.399. The Morgan fingerprint density at radius 1 is 1.21 bits per heavy atom. The third kappa shape index (κ3) is 1.77. The molecule has 1 amide bonds. The largest absolute Gasteiger partial charge is 0.304 e. The van der Waals surface area contributed by atoms with Gasteiger partial charge < -0.3 is 4.90 Å². The van der Waals surface area contributed by atoms with Crippen LogP contribution in [0.3, 0.4) is 0 Å². The predicted octanol–water partition coefficient (Wildman–Crippen LogP) is 2.89. The number of benzene rings is 1. The summed E-state index contributed by atoms with van der Waals surface area (Å²) in [7, 11) is 0. The average Bonchev–Trinajstić information content (AvgIpc) is 2.72. The van der Waals surface area contributed by atoms with Crippen molar-refractivity contribution >= 4 is 33.3 Å². The highest BCUT2D eigenvalue weighted by Crippen LogP contribution is 2.40. The molecule has 0 saturated heterocycles. The molecule has 3 nitrogen and oxygen atoms in total. The third-order valence-electron chi connectivity index (χ3n) is 3.96. The van der Waals surface area contributed by atoms with Crippen molar-refractivity contribution in [2.45, 2.75) is 32.7 Å². The number of hydrogen-bond donors (Lipinski definition) is 0. The van der Waals surface area contributed by atoms with Gasteiger partial charge >= 0.3 is 0 Å². The van der Waals surface area contributed by atoms with Crippen LogP contribution in [0.1, 0.15) is 24.5 Å². The second-order valence-electron chi connectivity index (χ2n) is 5.18. The van der Waals surface area contributed by atoms with Crippen LogP contribution in [-0.4, -0.2) is 17.7 Å². The highest BCUT2D eigenvalue weighted by molar-refractivity contribution is 9.12. The van der Waals surface area contributed by atoms with Gasteiger partial charge in [-0.25, -0.2) is 0 Å². The van der Waals surface area contributed by atoms with E-state index in [0.29, 0.717) is 16.5 Å². The molecule has 1 atom stereocenters. The van der Waals surface area contributed by atoms with Crippen molar-refractivity contribution in [1.29, 1.82) is 0 Å². The molecule has 0 N–H and O–H groups in total. The number of rotatable bonds is 0. The van der Waals surface area contributed by atoms with Crippen LogP contribution in [0.25, 0.3) is 0 Å². The molecular weight excluding hydrogens is 306 g/mol. The van der Waals surface area contributed by atoms with E-state index in [4.69, 9.17) is 0 Å². The number of amides is 1. The Bertz CT molecular complexity index is 633. The molecule has 2 heterocycles. The quantitative estimate of drug-likeness (QED) is 0.737. The van der Waals surface area contributed by atoms with Gasteiger partial charge in [-0.05, 0) is 47.3 Å². The fourth-order valence-corrected chi connectivity index (χ4v) is 3.36. The smallest absolute Gasteiger partial charge is 0.266 e. The van der Waals surface area contributed by atoms with Crippen LogP contribution in [0.4, 0.5) is 5.69 Å². The van der Waals surface area contributed by atoms with Gasteiger partial charge in [0, 0.05) is 18.0 Å². The number of Topliss-reactive ketones (excluding diaryl/α,β-unsaturated/α-hetero) is 1. The number of para-hydroxylation sites is 1. The van der Waals surface area contributed by atoms with Gasteiger partial charge in [0.05, 0.1) is 10.2 Å². The third-order valence-corrected chi connectivity index (χ3v) is 4.89. The number of aryl methyl sites for hydroxylation is 1. The van der Waals surface area contributed by atoms with Crippen LogP contribution in [0, 0.1) is 6.92 Å². The summed E-state index contributed by atoms with van der Waals surface area (Å²) in [6.45, 7) is 3.72. The number of carbonyl (C=O) groups is 2. The molecule has 0 saturated carbocycles. The van der Waals surface area contributed by atoms with E-state index in [2.05, 4.69) is 15.9 Å². The Hall–Kier alpha value is -1.42. The van der Waals surface area contributed by atoms with Crippen LogP contribution in [-0.2, 0) is 16.0 Å². The van der Waals surface area contributed by atoms with Crippen LogP contribution >= 0.6 is 15.9 Å². The van der Waals surface area contributed by atoms with Gasteiger partial charge in [-0.3, -0.25) is 9.59 Å². The zero-order valence-electron chi connectivity index (χ0n) is 10.9. The van der Waals surface area contributed by atoms with Gasteiger partial charge in [-0.1, -0.05) is 18.2 Å². The van der Waals surface area contributed by atoms with E-state index in [1.54, 1.807) is 11.8 Å². The number of halogens is 1. The Morgan fingerprint density at radius 2 is 1.95 bits per heavy atom. The minimum Gasteiger partial charge on any atom is -0.304 e. The molecule has 1 aromatic rings. The lowest BCUT2D eigenvalue weighted by Gasteiger charge is -2.24. The molecule has 3 rings (SSSR count). The first kappa shape index (κ1) is 12.6. The first-order valence-corrected chi connectivity index (χ1v) is 7.11. The number of hydrogen-bond acceptors (Lipinski definition) is 2. The summed E-state index contributed by atoms with van der Waals surface area (Å²) in [5.74, 6) is -0.0421. The molecule has 2 aliphatic heterocycles. The normalized spacial score (nSPS) is 22.5. The molecule has 0 radical (unpaired) electrons. The summed E-state index contributed by atoms with van der Waals surface area (Å²) in [5.41, 5.74) is 3.76. The van der Waals surface area contributed by atoms with E-state index in [0.717, 1.165) is 23.2 Å². The Kier molecular flexibility index (Phi) is 2.86. The lowest BCUT2D eigenvalue weighted by Crippen LogP contribution is -2.37. The summed E-state index contributed by atoms with van der Waals surface area (Å²) in [5, 5.41) is 0. The van der Waals surface area contributed by atoms with Crippen molar-refractivity contribution in [3.8, 4) is 0 Å². The lowest BCUT2D eigenvalue weighted by molar-refractivity contribution is -0.115. The van der Waals surface area contributed by atoms with E-state index in [-0.39, 0.29) is 17.7 Å². The minimum atomic E-state index is -0.0959. The van der Waals surface area contributed by atoms with Crippen LogP contribution in [0.2, 0.25) is 0 Å². The summed E-state index contributed by atoms with van der Waals surface area (Å²) in [4.78, 5) is 26.4. The molecule has 0 fully saturated rings. The van der Waals surface area contributed by atoms with Crippen molar-refractivity contribution in [1.82, 2.24) is 0 Å². The van der Waals surface area contributed by atoms with Crippen molar-refractivity contribution in [2.75, 3.05) is 4.90 Å². The van der Waals surface area contributed by atoms with E-state index in [1.807, 2.05) is 25.1 Å². The SMILES string of the molecule is CC1=C(Br)C(=O)N2c3c(C)cccc3CC2CC1=O. The Morgan fingerprint density at radius 3 is 2.68 bits per heavy atom. The number of anilines is 1. The Balaban J connectivity index is 2.17. The van der Waals surface area contributed by atoms with Crippen LogP contribution < -0.4 is 4.90 Å². The molecule has 0 spiro atoms. The molecule has 1 unspecified atom stereocenters. The average molecular weight is 320 g/mol. The van der Waals surface area contributed by atoms with Gasteiger partial charge in [-0.15, -0.1) is 0 Å². The van der Waals surface area contributed by atoms with E-state index in [1.165, 1.54) is 0 Å². The van der Waals surface area contributed by atoms with Crippen molar-refractivity contribution in [3.05, 3.63) is 39.4 Å². The summed E-state index contributed by atoms with van der Waals surface area (Å²) in [6.07, 6.45) is 1.17. The second kappa shape index (κ2) is 4.30. The highest BCUT2D eigenvalue weighted by Gasteiger charge is 2.40. The molecule has 4 heteroatoms. The van der Waals surface area contributed by atoms with Crippen molar-refractivity contribution < 1.29 is 9.59 Å². The minimum absolute atomic E-state index is 0.0406. The standard InChI is InChI=1S/C15H14BrNO2/c1-8-4-3-5-10-6-11-7-12(18)9(2)13(16)15(19)17(11)14(8)10/h3-5,11H,6-7H2,1-2H3. The zero-order valence-corrected chi connectivity index (χ0v) is 12.5. The topological polar surface area (TPSA) is 37.4 Å². The molecule has 0 aromatic heterocycles. The fraction of sp³-hybridized carbons (Fsp3) is 0.333. The van der Waals surface area contributed by atoms with Gasteiger partial charge in [0.25, 0.3) is 5.91 Å². The van der Waals surface area contributed by atoms with E-state index < -0.39 is 0 Å². The van der Waals surface area contributed by atoms with Crippen molar-refractivity contribution in [3.63, 3.8) is 0 Å². The summed E-state index contributed by atoms with van der Waals surface area (Å²) in [6, 6.07) is 6.01. The number of nitrogens with zero attached hydrogens (tertiary/aromatic N) is 1. The lowest BCUT2D eigenvalue weighted by atomic mass is 10.0. The summed E-state index contributed by atoms with van der Waals surface area (Å²) >= 11 is 3.29. The van der Waals surface area contributed by atoms with Crippen LogP contribution in [0.15, 0.2) is 28.3 Å². The van der Waals surface area contributed by atoms with Crippen molar-refractivity contribution in [2.24, 2.45) is 0 Å². The number of carbonyl (C=O) groups excluding carboxylic acids is 2. The maximum atomic E-state index is 12.6. The monoisotopic (exact) mass is 319 g/mol. The molecule has 0 bridgehead atoms. The molecule has 2 aliphatic rings. The molecular formula is C15H14BrNO2. The maximum absolute atomic E-state index is 12.6. The van der Waals surface area contributed by atoms with Gasteiger partial charge in [-0.2, -0.15) is 0 Å². The second-order valence-corrected chi connectivity index (χ2v) is 5.98. The first-order chi connectivity index (χ1) is 9.00. The van der Waals surface area contributed by atoms with Gasteiger partial charge in [0.1, 0.15) is 0 Å². The van der Waals surface area contributed by atoms with E-state index in [9.17, 15) is 9.59 Å². The molecule has 0 aliphatic carbocycles. The Labute approximate surface area is 120 Å². The maximum Gasteiger partial charge on any atom is 0.266 e. The van der Waals surface area contributed by atoms with Gasteiger partial charge in [0.15, 0.2) is 5.78 Å².